The summed E-state index contributed by atoms with van der Waals surface area (Å²) in [5.74, 6) is 0.114. The molecule has 21 heavy (non-hydrogen) atoms. The maximum absolute atomic E-state index is 13.3. The molecule has 6 heteroatoms. The lowest BCUT2D eigenvalue weighted by Gasteiger charge is -2.08. The van der Waals surface area contributed by atoms with Crippen molar-refractivity contribution in [3.05, 3.63) is 32.5 Å². The van der Waals surface area contributed by atoms with Crippen LogP contribution in [0.3, 0.4) is 0 Å². The van der Waals surface area contributed by atoms with Crippen LogP contribution in [0.2, 0.25) is 0 Å². The van der Waals surface area contributed by atoms with Gasteiger partial charge >= 0.3 is 0 Å². The Kier molecular flexibility index (Phi) is 7.64. The lowest BCUT2D eigenvalue weighted by Crippen LogP contribution is -2.05. The van der Waals surface area contributed by atoms with Gasteiger partial charge in [0, 0.05) is 6.54 Å². The molecule has 0 atom stereocenters. The van der Waals surface area contributed by atoms with E-state index >= 15 is 0 Å². The second kappa shape index (κ2) is 8.97. The Morgan fingerprint density at radius 3 is 2.57 bits per heavy atom. The van der Waals surface area contributed by atoms with E-state index < -0.39 is 10.7 Å². The summed E-state index contributed by atoms with van der Waals surface area (Å²) < 4.78 is 13.6. The van der Waals surface area contributed by atoms with Crippen molar-refractivity contribution in [1.82, 2.24) is 0 Å². The predicted octanol–water partition coefficient (Wildman–Crippen LogP) is 5.51. The number of anilines is 1. The van der Waals surface area contributed by atoms with Crippen LogP contribution >= 0.6 is 15.9 Å². The van der Waals surface area contributed by atoms with Gasteiger partial charge in [-0.3, -0.25) is 10.1 Å². The van der Waals surface area contributed by atoms with Crippen molar-refractivity contribution < 1.29 is 9.31 Å². The molecular formula is C15H22BrFN2O2. The van der Waals surface area contributed by atoms with Crippen molar-refractivity contribution in [2.75, 3.05) is 11.9 Å². The van der Waals surface area contributed by atoms with Crippen LogP contribution in [0, 0.1) is 21.8 Å². The molecule has 0 aliphatic carbocycles. The zero-order valence-electron chi connectivity index (χ0n) is 12.5. The van der Waals surface area contributed by atoms with E-state index in [1.54, 1.807) is 0 Å². The molecule has 0 saturated heterocycles. The quantitative estimate of drug-likeness (QED) is 0.358. The van der Waals surface area contributed by atoms with Crippen molar-refractivity contribution in [2.24, 2.45) is 5.92 Å². The van der Waals surface area contributed by atoms with Crippen LogP contribution in [0.5, 0.6) is 0 Å². The molecule has 0 aliphatic heterocycles. The molecule has 0 bridgehead atoms. The Hall–Kier alpha value is -1.17. The predicted molar refractivity (Wildman–Crippen MR) is 87.2 cm³/mol. The summed E-state index contributed by atoms with van der Waals surface area (Å²) in [6.07, 6.45) is 5.68. The number of nitro benzene ring substituents is 1. The fraction of sp³-hybridized carbons (Fsp3) is 0.600. The van der Waals surface area contributed by atoms with Gasteiger partial charge in [0.2, 0.25) is 0 Å². The number of hydrogen-bond donors (Lipinski definition) is 1. The van der Waals surface area contributed by atoms with E-state index in [2.05, 4.69) is 35.1 Å². The first-order chi connectivity index (χ1) is 9.91. The van der Waals surface area contributed by atoms with Gasteiger partial charge in [0.25, 0.3) is 5.69 Å². The van der Waals surface area contributed by atoms with Crippen LogP contribution in [0.15, 0.2) is 16.6 Å². The molecule has 0 amide bonds. The molecule has 0 radical (unpaired) electrons. The molecule has 1 aromatic carbocycles. The highest BCUT2D eigenvalue weighted by atomic mass is 79.9. The number of rotatable bonds is 9. The molecule has 0 aromatic heterocycles. The molecule has 4 nitrogen and oxygen atoms in total. The van der Waals surface area contributed by atoms with Gasteiger partial charge in [-0.05, 0) is 34.3 Å². The van der Waals surface area contributed by atoms with Crippen molar-refractivity contribution in [2.45, 2.75) is 46.0 Å². The van der Waals surface area contributed by atoms with Gasteiger partial charge in [-0.25, -0.2) is 4.39 Å². The molecule has 0 aliphatic rings. The highest BCUT2D eigenvalue weighted by Gasteiger charge is 2.17. The summed E-state index contributed by atoms with van der Waals surface area (Å²) in [5, 5.41) is 13.9. The number of hydrogen-bond acceptors (Lipinski definition) is 3. The fourth-order valence-corrected chi connectivity index (χ4v) is 2.43. The smallest absolute Gasteiger partial charge is 0.295 e. The van der Waals surface area contributed by atoms with E-state index in [4.69, 9.17) is 0 Å². The monoisotopic (exact) mass is 360 g/mol. The second-order valence-electron chi connectivity index (χ2n) is 5.56. The van der Waals surface area contributed by atoms with E-state index in [9.17, 15) is 14.5 Å². The average molecular weight is 361 g/mol. The van der Waals surface area contributed by atoms with Gasteiger partial charge in [-0.1, -0.05) is 39.5 Å². The molecule has 1 rings (SSSR count). The van der Waals surface area contributed by atoms with Gasteiger partial charge in [0.15, 0.2) is 0 Å². The highest BCUT2D eigenvalue weighted by molar-refractivity contribution is 9.10. The zero-order valence-corrected chi connectivity index (χ0v) is 14.1. The lowest BCUT2D eigenvalue weighted by molar-refractivity contribution is -0.384. The summed E-state index contributed by atoms with van der Waals surface area (Å²) in [4.78, 5) is 10.3. The van der Waals surface area contributed by atoms with E-state index in [-0.39, 0.29) is 10.2 Å². The van der Waals surface area contributed by atoms with Crippen LogP contribution in [0.25, 0.3) is 0 Å². The summed E-state index contributed by atoms with van der Waals surface area (Å²) in [7, 11) is 0. The van der Waals surface area contributed by atoms with E-state index in [1.165, 1.54) is 25.3 Å². The number of nitrogens with one attached hydrogen (secondary N) is 1. The summed E-state index contributed by atoms with van der Waals surface area (Å²) in [5.41, 5.74) is 0.131. The minimum Gasteiger partial charge on any atom is -0.379 e. The molecule has 0 heterocycles. The van der Waals surface area contributed by atoms with Crippen LogP contribution in [-0.4, -0.2) is 11.5 Å². The highest BCUT2D eigenvalue weighted by Crippen LogP contribution is 2.30. The minimum atomic E-state index is -0.624. The third-order valence-electron chi connectivity index (χ3n) is 3.26. The second-order valence-corrected chi connectivity index (χ2v) is 6.42. The largest absolute Gasteiger partial charge is 0.379 e. The Morgan fingerprint density at radius 2 is 1.95 bits per heavy atom. The molecule has 0 fully saturated rings. The Labute approximate surface area is 133 Å². The molecule has 1 N–H and O–H groups in total. The average Bonchev–Trinajstić information content (AvgIpc) is 2.40. The van der Waals surface area contributed by atoms with Gasteiger partial charge in [-0.2, -0.15) is 0 Å². The van der Waals surface area contributed by atoms with Gasteiger partial charge in [0.1, 0.15) is 11.5 Å². The topological polar surface area (TPSA) is 55.2 Å². The normalized spacial score (nSPS) is 10.9. The van der Waals surface area contributed by atoms with Gasteiger partial charge in [-0.15, -0.1) is 0 Å². The summed E-state index contributed by atoms with van der Waals surface area (Å²) in [6.45, 7) is 5.08. The Balaban J connectivity index is 2.41. The van der Waals surface area contributed by atoms with Gasteiger partial charge in [0.05, 0.1) is 15.5 Å². The SMILES string of the molecule is CC(C)CCCCCCNc1cc(Br)c(F)cc1[N+](=O)[O-]. The van der Waals surface area contributed by atoms with Crippen molar-refractivity contribution >= 4 is 27.3 Å². The molecule has 0 unspecified atom stereocenters. The number of unbranched alkanes of at least 4 members (excludes halogenated alkanes) is 3. The van der Waals surface area contributed by atoms with Crippen LogP contribution in [0.1, 0.15) is 46.0 Å². The molecule has 0 spiro atoms. The standard InChI is InChI=1S/C15H22BrFN2O2/c1-11(2)7-5-3-4-6-8-18-14-9-12(16)13(17)10-15(14)19(20)21/h9-11,18H,3-8H2,1-2H3. The zero-order chi connectivity index (χ0) is 15.8. The third kappa shape index (κ3) is 6.42. The van der Waals surface area contributed by atoms with Gasteiger partial charge < -0.3 is 5.32 Å². The van der Waals surface area contributed by atoms with Crippen molar-refractivity contribution in [1.29, 1.82) is 0 Å². The first-order valence-electron chi connectivity index (χ1n) is 7.29. The number of nitrogens with zero attached hydrogens (tertiary/aromatic N) is 1. The van der Waals surface area contributed by atoms with Crippen molar-refractivity contribution in [3.63, 3.8) is 0 Å². The maximum atomic E-state index is 13.3. The molecule has 118 valence electrons. The Bertz CT molecular complexity index is 481. The maximum Gasteiger partial charge on any atom is 0.295 e. The van der Waals surface area contributed by atoms with E-state index in [0.29, 0.717) is 12.2 Å². The van der Waals surface area contributed by atoms with E-state index in [1.807, 2.05) is 0 Å². The molecule has 1 aromatic rings. The van der Waals surface area contributed by atoms with E-state index in [0.717, 1.165) is 24.8 Å². The summed E-state index contributed by atoms with van der Waals surface area (Å²) >= 11 is 3.05. The first-order valence-corrected chi connectivity index (χ1v) is 8.08. The Morgan fingerprint density at radius 1 is 1.29 bits per heavy atom. The van der Waals surface area contributed by atoms with Crippen molar-refractivity contribution in [3.8, 4) is 0 Å². The fourth-order valence-electron chi connectivity index (χ4n) is 2.08. The van der Waals surface area contributed by atoms with Crippen LogP contribution < -0.4 is 5.32 Å². The van der Waals surface area contributed by atoms with Crippen LogP contribution in [-0.2, 0) is 0 Å². The number of nitro groups is 1. The van der Waals surface area contributed by atoms with Crippen LogP contribution in [0.4, 0.5) is 15.8 Å². The third-order valence-corrected chi connectivity index (χ3v) is 3.87. The number of halogens is 2. The number of benzene rings is 1. The summed E-state index contributed by atoms with van der Waals surface area (Å²) in [6, 6.07) is 2.36. The molecule has 0 saturated carbocycles. The minimum absolute atomic E-state index is 0.226. The first kappa shape index (κ1) is 17.9. The lowest BCUT2D eigenvalue weighted by atomic mass is 10.0. The molecular weight excluding hydrogens is 339 g/mol.